The van der Waals surface area contributed by atoms with Crippen LogP contribution < -0.4 is 14.8 Å². The van der Waals surface area contributed by atoms with Crippen molar-refractivity contribution in [2.24, 2.45) is 0 Å². The van der Waals surface area contributed by atoms with Gasteiger partial charge in [0.2, 0.25) is 6.79 Å². The van der Waals surface area contributed by atoms with Gasteiger partial charge in [0.05, 0.1) is 0 Å². The molecule has 19 heavy (non-hydrogen) atoms. The second-order valence-electron chi connectivity index (χ2n) is 4.21. The number of rotatable bonds is 2. The molecule has 0 saturated heterocycles. The third-order valence-electron chi connectivity index (χ3n) is 2.79. The highest BCUT2D eigenvalue weighted by Gasteiger charge is 2.16. The van der Waals surface area contributed by atoms with Crippen LogP contribution >= 0.6 is 0 Å². The molecule has 1 aliphatic heterocycles. The maximum atomic E-state index is 12.1. The van der Waals surface area contributed by atoms with Crippen LogP contribution in [0, 0.1) is 6.92 Å². The van der Waals surface area contributed by atoms with Crippen molar-refractivity contribution < 1.29 is 14.3 Å². The molecule has 5 heteroatoms. The summed E-state index contributed by atoms with van der Waals surface area (Å²) in [6.45, 7) is 2.07. The van der Waals surface area contributed by atoms with Gasteiger partial charge in [0.1, 0.15) is 0 Å². The van der Waals surface area contributed by atoms with Crippen LogP contribution in [0.25, 0.3) is 0 Å². The molecule has 0 spiro atoms. The molecule has 96 valence electrons. The van der Waals surface area contributed by atoms with Gasteiger partial charge in [-0.25, -0.2) is 0 Å². The minimum Gasteiger partial charge on any atom is -0.454 e. The molecular weight excluding hydrogens is 244 g/mol. The summed E-state index contributed by atoms with van der Waals surface area (Å²) in [7, 11) is 0. The lowest BCUT2D eigenvalue weighted by Crippen LogP contribution is -2.11. The molecule has 0 bridgehead atoms. The molecule has 1 aliphatic rings. The van der Waals surface area contributed by atoms with Crippen LogP contribution in [0.15, 0.2) is 36.5 Å². The Labute approximate surface area is 110 Å². The first-order valence-electron chi connectivity index (χ1n) is 5.86. The number of anilines is 1. The summed E-state index contributed by atoms with van der Waals surface area (Å²) < 4.78 is 10.5. The quantitative estimate of drug-likeness (QED) is 0.896. The topological polar surface area (TPSA) is 60.5 Å². The Bertz CT molecular complexity index is 640. The van der Waals surface area contributed by atoms with Gasteiger partial charge >= 0.3 is 0 Å². The first-order valence-corrected chi connectivity index (χ1v) is 5.86. The smallest absolute Gasteiger partial charge is 0.255 e. The van der Waals surface area contributed by atoms with Crippen LogP contribution in [-0.2, 0) is 0 Å². The van der Waals surface area contributed by atoms with Crippen LogP contribution in [0.4, 0.5) is 5.69 Å². The van der Waals surface area contributed by atoms with Gasteiger partial charge in [-0.05, 0) is 37.3 Å². The van der Waals surface area contributed by atoms with Gasteiger partial charge in [-0.1, -0.05) is 0 Å². The number of nitrogens with one attached hydrogen (secondary N) is 1. The highest BCUT2D eigenvalue weighted by molar-refractivity contribution is 6.04. The Balaban J connectivity index is 1.81. The van der Waals surface area contributed by atoms with E-state index in [-0.39, 0.29) is 12.7 Å². The van der Waals surface area contributed by atoms with E-state index in [9.17, 15) is 4.79 Å². The number of amides is 1. The van der Waals surface area contributed by atoms with E-state index in [1.165, 1.54) is 0 Å². The Morgan fingerprint density at radius 2 is 2.05 bits per heavy atom. The number of hydrogen-bond donors (Lipinski definition) is 1. The first-order chi connectivity index (χ1) is 9.22. The van der Waals surface area contributed by atoms with Crippen molar-refractivity contribution in [2.75, 3.05) is 12.1 Å². The summed E-state index contributed by atoms with van der Waals surface area (Å²) in [4.78, 5) is 16.2. The number of fused-ring (bicyclic) bond motifs is 1. The summed E-state index contributed by atoms with van der Waals surface area (Å²) in [6.07, 6.45) is 1.66. The highest BCUT2D eigenvalue weighted by atomic mass is 16.7. The molecule has 2 aromatic rings. The molecule has 0 saturated carbocycles. The second kappa shape index (κ2) is 4.61. The molecule has 0 radical (unpaired) electrons. The fourth-order valence-corrected chi connectivity index (χ4v) is 1.86. The van der Waals surface area contributed by atoms with E-state index < -0.39 is 0 Å². The molecule has 1 N–H and O–H groups in total. The molecule has 0 fully saturated rings. The lowest BCUT2D eigenvalue weighted by Gasteiger charge is -2.06. The summed E-state index contributed by atoms with van der Waals surface area (Å²) in [5.74, 6) is 1.07. The largest absolute Gasteiger partial charge is 0.454 e. The maximum absolute atomic E-state index is 12.1. The number of ether oxygens (including phenoxy) is 2. The van der Waals surface area contributed by atoms with E-state index in [0.717, 1.165) is 11.4 Å². The molecule has 0 unspecified atom stereocenters. The third kappa shape index (κ3) is 2.35. The predicted octanol–water partition coefficient (Wildman–Crippen LogP) is 2.37. The Morgan fingerprint density at radius 1 is 1.21 bits per heavy atom. The molecule has 1 aromatic carbocycles. The summed E-state index contributed by atoms with van der Waals surface area (Å²) in [6, 6.07) is 8.67. The van der Waals surface area contributed by atoms with E-state index in [2.05, 4.69) is 10.3 Å². The Morgan fingerprint density at radius 3 is 2.89 bits per heavy atom. The standard InChI is InChI=1S/C14H12N2O3/c1-9-6-11(4-5-15-9)16-14(17)10-2-3-12-13(7-10)19-8-18-12/h2-7H,8H2,1H3,(H,15,16,17). The fourth-order valence-electron chi connectivity index (χ4n) is 1.86. The van der Waals surface area contributed by atoms with Crippen molar-refractivity contribution in [1.82, 2.24) is 4.98 Å². The number of carbonyl (C=O) groups is 1. The van der Waals surface area contributed by atoms with E-state index in [1.807, 2.05) is 13.0 Å². The van der Waals surface area contributed by atoms with Crippen LogP contribution in [0.3, 0.4) is 0 Å². The minimum absolute atomic E-state index is 0.191. The van der Waals surface area contributed by atoms with Crippen molar-refractivity contribution in [3.63, 3.8) is 0 Å². The number of benzene rings is 1. The maximum Gasteiger partial charge on any atom is 0.255 e. The average molecular weight is 256 g/mol. The van der Waals surface area contributed by atoms with Gasteiger partial charge in [0, 0.05) is 23.1 Å². The van der Waals surface area contributed by atoms with Crippen LogP contribution in [-0.4, -0.2) is 17.7 Å². The number of pyridine rings is 1. The lowest BCUT2D eigenvalue weighted by atomic mass is 10.2. The zero-order valence-corrected chi connectivity index (χ0v) is 10.3. The lowest BCUT2D eigenvalue weighted by molar-refractivity contribution is 0.102. The van der Waals surface area contributed by atoms with E-state index in [1.54, 1.807) is 30.5 Å². The average Bonchev–Trinajstić information content (AvgIpc) is 2.85. The minimum atomic E-state index is -0.191. The molecule has 5 nitrogen and oxygen atoms in total. The summed E-state index contributed by atoms with van der Waals surface area (Å²) >= 11 is 0. The van der Waals surface area contributed by atoms with Crippen LogP contribution in [0.2, 0.25) is 0 Å². The number of carbonyl (C=O) groups excluding carboxylic acids is 1. The van der Waals surface area contributed by atoms with Crippen molar-refractivity contribution in [3.05, 3.63) is 47.8 Å². The zero-order valence-electron chi connectivity index (χ0n) is 10.3. The monoisotopic (exact) mass is 256 g/mol. The van der Waals surface area contributed by atoms with Gasteiger partial charge in [-0.15, -0.1) is 0 Å². The zero-order chi connectivity index (χ0) is 13.2. The Kier molecular flexibility index (Phi) is 2.79. The van der Waals surface area contributed by atoms with Crippen molar-refractivity contribution in [3.8, 4) is 11.5 Å². The molecular formula is C14H12N2O3. The summed E-state index contributed by atoms with van der Waals surface area (Å²) in [5.41, 5.74) is 2.09. The van der Waals surface area contributed by atoms with Crippen molar-refractivity contribution in [2.45, 2.75) is 6.92 Å². The first kappa shape index (κ1) is 11.5. The highest BCUT2D eigenvalue weighted by Crippen LogP contribution is 2.32. The van der Waals surface area contributed by atoms with Crippen molar-refractivity contribution in [1.29, 1.82) is 0 Å². The molecule has 0 atom stereocenters. The van der Waals surface area contributed by atoms with Gasteiger partial charge in [0.25, 0.3) is 5.91 Å². The van der Waals surface area contributed by atoms with Gasteiger partial charge < -0.3 is 14.8 Å². The predicted molar refractivity (Wildman–Crippen MR) is 69.5 cm³/mol. The summed E-state index contributed by atoms with van der Waals surface area (Å²) in [5, 5.41) is 2.81. The van der Waals surface area contributed by atoms with Gasteiger partial charge in [-0.3, -0.25) is 9.78 Å². The number of aromatic nitrogens is 1. The van der Waals surface area contributed by atoms with Crippen molar-refractivity contribution >= 4 is 11.6 Å². The SMILES string of the molecule is Cc1cc(NC(=O)c2ccc3c(c2)OCO3)ccn1. The van der Waals surface area contributed by atoms with Gasteiger partial charge in [0.15, 0.2) is 11.5 Å². The molecule has 3 rings (SSSR count). The third-order valence-corrected chi connectivity index (χ3v) is 2.79. The van der Waals surface area contributed by atoms with E-state index in [4.69, 9.17) is 9.47 Å². The number of aryl methyl sites for hydroxylation is 1. The normalized spacial score (nSPS) is 12.3. The van der Waals surface area contributed by atoms with Crippen LogP contribution in [0.5, 0.6) is 11.5 Å². The molecule has 1 aromatic heterocycles. The number of hydrogen-bond acceptors (Lipinski definition) is 4. The molecule has 0 aliphatic carbocycles. The van der Waals surface area contributed by atoms with E-state index in [0.29, 0.717) is 17.1 Å². The van der Waals surface area contributed by atoms with E-state index >= 15 is 0 Å². The second-order valence-corrected chi connectivity index (χ2v) is 4.21. The molecule has 2 heterocycles. The number of nitrogens with zero attached hydrogens (tertiary/aromatic N) is 1. The Hall–Kier alpha value is -2.56. The van der Waals surface area contributed by atoms with Crippen LogP contribution in [0.1, 0.15) is 16.1 Å². The van der Waals surface area contributed by atoms with Gasteiger partial charge in [-0.2, -0.15) is 0 Å². The molecule has 1 amide bonds. The fraction of sp³-hybridized carbons (Fsp3) is 0.143.